The Morgan fingerprint density at radius 1 is 1.09 bits per heavy atom. The Hall–Kier alpha value is -3.98. The average Bonchev–Trinajstić information content (AvgIpc) is 3.37. The third kappa shape index (κ3) is 4.42. The molecule has 1 aliphatic rings. The van der Waals surface area contributed by atoms with Gasteiger partial charge in [-0.25, -0.2) is 10.3 Å². The fourth-order valence-electron chi connectivity index (χ4n) is 4.34. The summed E-state index contributed by atoms with van der Waals surface area (Å²) in [6.45, 7) is 0. The van der Waals surface area contributed by atoms with Crippen molar-refractivity contribution in [1.82, 2.24) is 15.4 Å². The van der Waals surface area contributed by atoms with Gasteiger partial charge in [0.25, 0.3) is 11.8 Å². The van der Waals surface area contributed by atoms with Gasteiger partial charge in [-0.15, -0.1) is 0 Å². The molecular weight excluding hydrogens is 438 g/mol. The van der Waals surface area contributed by atoms with Crippen molar-refractivity contribution in [2.75, 3.05) is 7.11 Å². The molecule has 4 rings (SSSR count). The molecule has 3 aromatic rings. The first-order valence-electron chi connectivity index (χ1n) is 11.0. The molecular formula is C25H25N3O6. The summed E-state index contributed by atoms with van der Waals surface area (Å²) in [5, 5.41) is 9.44. The van der Waals surface area contributed by atoms with Crippen LogP contribution in [0.1, 0.15) is 51.1 Å². The first-order valence-corrected chi connectivity index (χ1v) is 11.0. The maximum absolute atomic E-state index is 12.9. The van der Waals surface area contributed by atoms with E-state index in [1.807, 2.05) is 18.2 Å². The molecule has 9 nitrogen and oxygen atoms in total. The van der Waals surface area contributed by atoms with E-state index in [0.29, 0.717) is 6.42 Å². The zero-order chi connectivity index (χ0) is 24.2. The highest BCUT2D eigenvalue weighted by atomic mass is 16.5. The molecule has 34 heavy (non-hydrogen) atoms. The molecule has 0 spiro atoms. The smallest absolute Gasteiger partial charge is 0.329 e. The van der Waals surface area contributed by atoms with Crippen molar-refractivity contribution >= 4 is 34.6 Å². The predicted octanol–water partition coefficient (Wildman–Crippen LogP) is 2.77. The van der Waals surface area contributed by atoms with Crippen molar-refractivity contribution in [1.29, 1.82) is 0 Å². The molecule has 0 saturated carbocycles. The van der Waals surface area contributed by atoms with Gasteiger partial charge in [0.1, 0.15) is 6.04 Å². The molecule has 0 bridgehead atoms. The Morgan fingerprint density at radius 2 is 1.79 bits per heavy atom. The maximum Gasteiger partial charge on any atom is 0.329 e. The van der Waals surface area contributed by atoms with Crippen LogP contribution in [0.3, 0.4) is 0 Å². The average molecular weight is 463 g/mol. The number of amides is 3. The molecule has 1 unspecified atom stereocenters. The number of aromatic amines is 1. The maximum atomic E-state index is 12.9. The summed E-state index contributed by atoms with van der Waals surface area (Å²) < 4.78 is 4.94. The number of aromatic nitrogens is 1. The number of carbonyl (C=O) groups excluding carboxylic acids is 4. The Labute approximate surface area is 195 Å². The van der Waals surface area contributed by atoms with Gasteiger partial charge < -0.3 is 9.72 Å². The van der Waals surface area contributed by atoms with E-state index in [0.717, 1.165) is 39.8 Å². The van der Waals surface area contributed by atoms with Crippen LogP contribution in [0.25, 0.3) is 10.9 Å². The number of nitrogens with zero attached hydrogens (tertiary/aromatic N) is 1. The first kappa shape index (κ1) is 23.2. The number of rotatable bonds is 9. The van der Waals surface area contributed by atoms with Crippen molar-refractivity contribution in [3.63, 3.8) is 0 Å². The molecule has 2 aromatic carbocycles. The topological polar surface area (TPSA) is 129 Å². The number of unbranched alkanes of at least 4 members (excludes halogenated alkanes) is 1. The van der Waals surface area contributed by atoms with E-state index in [1.165, 1.54) is 7.11 Å². The van der Waals surface area contributed by atoms with Crippen LogP contribution in [0.15, 0.2) is 48.7 Å². The predicted molar refractivity (Wildman–Crippen MR) is 122 cm³/mol. The number of hydroxylamine groups is 1. The van der Waals surface area contributed by atoms with E-state index in [-0.39, 0.29) is 24.0 Å². The lowest BCUT2D eigenvalue weighted by atomic mass is 10.0. The van der Waals surface area contributed by atoms with Gasteiger partial charge in [0.05, 0.1) is 18.2 Å². The number of benzene rings is 2. The van der Waals surface area contributed by atoms with Crippen molar-refractivity contribution in [3.05, 3.63) is 70.9 Å². The number of ether oxygens (including phenoxy) is 1. The minimum atomic E-state index is -1.09. The van der Waals surface area contributed by atoms with E-state index < -0.39 is 29.7 Å². The highest BCUT2D eigenvalue weighted by Gasteiger charge is 2.43. The Morgan fingerprint density at radius 3 is 2.44 bits per heavy atom. The summed E-state index contributed by atoms with van der Waals surface area (Å²) in [6.07, 6.45) is 4.36. The zero-order valence-electron chi connectivity index (χ0n) is 18.7. The molecule has 2 heterocycles. The van der Waals surface area contributed by atoms with Gasteiger partial charge in [0.2, 0.25) is 5.91 Å². The van der Waals surface area contributed by atoms with Gasteiger partial charge in [-0.05, 0) is 48.6 Å². The standard InChI is InChI=1S/C25H25N3O6/c1-34-25(32)21(28-23(30)18-7-3-4-8-19(18)24(28)31)13-16-14-26-20-12-15(10-11-17(16)20)6-2-5-9-22(29)27-33/h3-4,7-8,10-12,14,21,26,33H,2,5-6,9,13H2,1H3,(H,27,29). The van der Waals surface area contributed by atoms with Gasteiger partial charge in [0.15, 0.2) is 0 Å². The van der Waals surface area contributed by atoms with Crippen LogP contribution < -0.4 is 5.48 Å². The van der Waals surface area contributed by atoms with Gasteiger partial charge in [-0.3, -0.25) is 24.5 Å². The Balaban J connectivity index is 1.53. The summed E-state index contributed by atoms with van der Waals surface area (Å²) in [6, 6.07) is 11.3. The summed E-state index contributed by atoms with van der Waals surface area (Å²) in [4.78, 5) is 53.8. The lowest BCUT2D eigenvalue weighted by Crippen LogP contribution is -2.46. The molecule has 1 aromatic heterocycles. The number of carbonyl (C=O) groups is 4. The van der Waals surface area contributed by atoms with E-state index in [2.05, 4.69) is 4.98 Å². The van der Waals surface area contributed by atoms with Crippen LogP contribution in [0.4, 0.5) is 0 Å². The normalized spacial score (nSPS) is 13.8. The van der Waals surface area contributed by atoms with E-state index >= 15 is 0 Å². The molecule has 9 heteroatoms. The van der Waals surface area contributed by atoms with Crippen LogP contribution in [0, 0.1) is 0 Å². The lowest BCUT2D eigenvalue weighted by molar-refractivity contribution is -0.145. The third-order valence-electron chi connectivity index (χ3n) is 6.10. The van der Waals surface area contributed by atoms with Crippen LogP contribution in [0.5, 0.6) is 0 Å². The molecule has 0 radical (unpaired) electrons. The Kier molecular flexibility index (Phi) is 6.74. The second kappa shape index (κ2) is 9.88. The van der Waals surface area contributed by atoms with Crippen LogP contribution in [-0.2, 0) is 27.2 Å². The van der Waals surface area contributed by atoms with Crippen molar-refractivity contribution in [2.24, 2.45) is 0 Å². The summed E-state index contributed by atoms with van der Waals surface area (Å²) in [7, 11) is 1.24. The summed E-state index contributed by atoms with van der Waals surface area (Å²) in [5.41, 5.74) is 4.92. The van der Waals surface area contributed by atoms with E-state index in [9.17, 15) is 19.2 Å². The second-order valence-electron chi connectivity index (χ2n) is 8.20. The number of imide groups is 1. The molecule has 0 fully saturated rings. The molecule has 3 amide bonds. The van der Waals surface area contributed by atoms with Crippen molar-refractivity contribution < 1.29 is 29.1 Å². The van der Waals surface area contributed by atoms with Gasteiger partial charge in [-0.2, -0.15) is 0 Å². The SMILES string of the molecule is COC(=O)C(Cc1c[nH]c2cc(CCCCC(=O)NO)ccc12)N1C(=O)c2ccccc2C1=O. The van der Waals surface area contributed by atoms with E-state index in [1.54, 1.807) is 35.9 Å². The number of methoxy groups -OCH3 is 1. The van der Waals surface area contributed by atoms with E-state index in [4.69, 9.17) is 9.94 Å². The van der Waals surface area contributed by atoms with Gasteiger partial charge >= 0.3 is 5.97 Å². The van der Waals surface area contributed by atoms with Gasteiger partial charge in [-0.1, -0.05) is 24.3 Å². The number of esters is 1. The summed E-state index contributed by atoms with van der Waals surface area (Å²) >= 11 is 0. The Bertz CT molecular complexity index is 1230. The van der Waals surface area contributed by atoms with Crippen LogP contribution in [0.2, 0.25) is 0 Å². The fourth-order valence-corrected chi connectivity index (χ4v) is 4.34. The molecule has 0 aliphatic carbocycles. The first-order chi connectivity index (χ1) is 16.4. The van der Waals surface area contributed by atoms with Crippen molar-refractivity contribution in [2.45, 2.75) is 38.1 Å². The highest BCUT2D eigenvalue weighted by molar-refractivity contribution is 6.22. The van der Waals surface area contributed by atoms with Crippen molar-refractivity contribution in [3.8, 4) is 0 Å². The minimum absolute atomic E-state index is 0.119. The number of fused-ring (bicyclic) bond motifs is 2. The fraction of sp³-hybridized carbons (Fsp3) is 0.280. The zero-order valence-corrected chi connectivity index (χ0v) is 18.7. The molecule has 176 valence electrons. The number of nitrogens with one attached hydrogen (secondary N) is 2. The summed E-state index contributed by atoms with van der Waals surface area (Å²) in [5.74, 6) is -2.07. The highest BCUT2D eigenvalue weighted by Crippen LogP contribution is 2.28. The largest absolute Gasteiger partial charge is 0.467 e. The van der Waals surface area contributed by atoms with Crippen LogP contribution >= 0.6 is 0 Å². The number of H-pyrrole nitrogens is 1. The number of aryl methyl sites for hydroxylation is 1. The quantitative estimate of drug-likeness (QED) is 0.147. The minimum Gasteiger partial charge on any atom is -0.467 e. The number of hydrogen-bond acceptors (Lipinski definition) is 6. The monoisotopic (exact) mass is 463 g/mol. The van der Waals surface area contributed by atoms with Crippen LogP contribution in [-0.4, -0.2) is 51.9 Å². The third-order valence-corrected chi connectivity index (χ3v) is 6.10. The molecule has 3 N–H and O–H groups in total. The molecule has 1 aliphatic heterocycles. The molecule has 1 atom stereocenters. The number of hydrogen-bond donors (Lipinski definition) is 3. The van der Waals surface area contributed by atoms with Gasteiger partial charge in [0, 0.05) is 29.9 Å². The second-order valence-corrected chi connectivity index (χ2v) is 8.20. The lowest BCUT2D eigenvalue weighted by Gasteiger charge is -2.23. The molecule has 0 saturated heterocycles.